The number of likely N-dealkylation sites (tertiary alicyclic amines) is 1. The Balaban J connectivity index is 1.75. The number of carbonyl (C=O) groups excluding carboxylic acids is 2. The van der Waals surface area contributed by atoms with Crippen molar-refractivity contribution in [1.82, 2.24) is 9.80 Å². The predicted molar refractivity (Wildman–Crippen MR) is 123 cm³/mol. The van der Waals surface area contributed by atoms with Gasteiger partial charge in [-0.1, -0.05) is 26.0 Å². The van der Waals surface area contributed by atoms with E-state index >= 15 is 0 Å². The Morgan fingerprint density at radius 3 is 2.71 bits per heavy atom. The van der Waals surface area contributed by atoms with Gasteiger partial charge in [0.15, 0.2) is 11.5 Å². The van der Waals surface area contributed by atoms with Gasteiger partial charge >= 0.3 is 0 Å². The van der Waals surface area contributed by atoms with E-state index in [1.54, 1.807) is 12.0 Å². The van der Waals surface area contributed by atoms with E-state index in [-0.39, 0.29) is 11.8 Å². The van der Waals surface area contributed by atoms with Crippen LogP contribution in [0.5, 0.6) is 11.5 Å². The largest absolute Gasteiger partial charge is 0.493 e. The molecule has 1 unspecified atom stereocenters. The summed E-state index contributed by atoms with van der Waals surface area (Å²) in [5.41, 5.74) is 0.983. The Kier molecular flexibility index (Phi) is 8.35. The maximum absolute atomic E-state index is 13.5. The van der Waals surface area contributed by atoms with Crippen LogP contribution in [0, 0.1) is 0 Å². The number of nitrogens with zero attached hydrogens (tertiary/aromatic N) is 2. The zero-order valence-corrected chi connectivity index (χ0v) is 19.5. The highest BCUT2D eigenvalue weighted by Crippen LogP contribution is 2.29. The quantitative estimate of drug-likeness (QED) is 0.538. The van der Waals surface area contributed by atoms with Gasteiger partial charge in [0, 0.05) is 19.6 Å². The maximum Gasteiger partial charge on any atom is 0.264 e. The van der Waals surface area contributed by atoms with Crippen LogP contribution < -0.4 is 9.47 Å². The summed E-state index contributed by atoms with van der Waals surface area (Å²) in [6, 6.07) is 9.12. The second-order valence-electron chi connectivity index (χ2n) is 7.73. The lowest BCUT2D eigenvalue weighted by Gasteiger charge is -2.30. The van der Waals surface area contributed by atoms with E-state index in [2.05, 4.69) is 13.8 Å². The summed E-state index contributed by atoms with van der Waals surface area (Å²) in [5, 5.41) is 1.89. The molecule has 1 aromatic carbocycles. The van der Waals surface area contributed by atoms with Gasteiger partial charge in [-0.3, -0.25) is 9.59 Å². The summed E-state index contributed by atoms with van der Waals surface area (Å²) in [6.07, 6.45) is 3.34. The number of methoxy groups -OCH3 is 1. The van der Waals surface area contributed by atoms with Crippen LogP contribution in [-0.4, -0.2) is 54.5 Å². The molecule has 1 aliphatic heterocycles. The normalized spacial score (nSPS) is 15.7. The molecule has 168 valence electrons. The molecule has 31 heavy (non-hydrogen) atoms. The van der Waals surface area contributed by atoms with Crippen LogP contribution >= 0.6 is 11.3 Å². The lowest BCUT2D eigenvalue weighted by molar-refractivity contribution is -0.136. The van der Waals surface area contributed by atoms with Crippen molar-refractivity contribution in [2.75, 3.05) is 26.8 Å². The van der Waals surface area contributed by atoms with Crippen molar-refractivity contribution < 1.29 is 19.1 Å². The fourth-order valence-electron chi connectivity index (χ4n) is 3.92. The molecule has 2 heterocycles. The molecule has 0 spiro atoms. The average Bonchev–Trinajstić information content (AvgIpc) is 3.49. The predicted octanol–water partition coefficient (Wildman–Crippen LogP) is 4.59. The summed E-state index contributed by atoms with van der Waals surface area (Å²) in [5.74, 6) is 1.37. The Bertz CT molecular complexity index is 868. The van der Waals surface area contributed by atoms with Crippen molar-refractivity contribution in [2.45, 2.75) is 52.1 Å². The Morgan fingerprint density at radius 2 is 2.03 bits per heavy atom. The highest BCUT2D eigenvalue weighted by Gasteiger charge is 2.37. The number of ether oxygens (including phenoxy) is 2. The first kappa shape index (κ1) is 23.1. The zero-order valence-electron chi connectivity index (χ0n) is 18.6. The molecule has 0 N–H and O–H groups in total. The van der Waals surface area contributed by atoms with Crippen LogP contribution in [0.3, 0.4) is 0 Å². The maximum atomic E-state index is 13.5. The molecule has 1 aliphatic rings. The number of hydrogen-bond acceptors (Lipinski definition) is 5. The molecular formula is C24H32N2O4S. The molecule has 3 rings (SSSR count). The highest BCUT2D eigenvalue weighted by atomic mass is 32.1. The molecule has 1 saturated heterocycles. The minimum Gasteiger partial charge on any atom is -0.493 e. The topological polar surface area (TPSA) is 59.1 Å². The first-order valence-electron chi connectivity index (χ1n) is 11.0. The number of carbonyl (C=O) groups is 2. The summed E-state index contributed by atoms with van der Waals surface area (Å²) in [4.78, 5) is 30.7. The van der Waals surface area contributed by atoms with E-state index in [9.17, 15) is 9.59 Å². The van der Waals surface area contributed by atoms with Crippen LogP contribution in [0.25, 0.3) is 0 Å². The number of amides is 2. The smallest absolute Gasteiger partial charge is 0.264 e. The lowest BCUT2D eigenvalue weighted by Crippen LogP contribution is -2.47. The molecule has 0 aliphatic carbocycles. The molecule has 1 fully saturated rings. The van der Waals surface area contributed by atoms with Crippen molar-refractivity contribution >= 4 is 23.2 Å². The highest BCUT2D eigenvalue weighted by molar-refractivity contribution is 7.12. The van der Waals surface area contributed by atoms with Crippen molar-refractivity contribution in [3.05, 3.63) is 46.2 Å². The van der Waals surface area contributed by atoms with Crippen molar-refractivity contribution in [3.63, 3.8) is 0 Å². The average molecular weight is 445 g/mol. The van der Waals surface area contributed by atoms with E-state index in [0.29, 0.717) is 49.0 Å². The van der Waals surface area contributed by atoms with Gasteiger partial charge in [0.1, 0.15) is 6.04 Å². The van der Waals surface area contributed by atoms with Crippen molar-refractivity contribution in [2.24, 2.45) is 0 Å². The molecule has 1 atom stereocenters. The number of rotatable bonds is 10. The van der Waals surface area contributed by atoms with E-state index < -0.39 is 6.04 Å². The second-order valence-corrected chi connectivity index (χ2v) is 8.68. The van der Waals surface area contributed by atoms with E-state index in [4.69, 9.17) is 9.47 Å². The van der Waals surface area contributed by atoms with Gasteiger partial charge in [0.2, 0.25) is 5.91 Å². The van der Waals surface area contributed by atoms with Crippen LogP contribution in [0.2, 0.25) is 0 Å². The van der Waals surface area contributed by atoms with Crippen LogP contribution in [0.4, 0.5) is 0 Å². The van der Waals surface area contributed by atoms with Gasteiger partial charge in [-0.05, 0) is 54.8 Å². The third kappa shape index (κ3) is 5.58. The molecular weight excluding hydrogens is 412 g/mol. The Morgan fingerprint density at radius 1 is 1.19 bits per heavy atom. The monoisotopic (exact) mass is 444 g/mol. The summed E-state index contributed by atoms with van der Waals surface area (Å²) in [7, 11) is 1.62. The molecule has 7 heteroatoms. The molecule has 0 radical (unpaired) electrons. The summed E-state index contributed by atoms with van der Waals surface area (Å²) >= 11 is 1.42. The summed E-state index contributed by atoms with van der Waals surface area (Å²) in [6.45, 7) is 6.51. The first-order chi connectivity index (χ1) is 15.1. The lowest BCUT2D eigenvalue weighted by atomic mass is 10.1. The van der Waals surface area contributed by atoms with E-state index in [0.717, 1.165) is 24.8 Å². The number of hydrogen-bond donors (Lipinski definition) is 0. The van der Waals surface area contributed by atoms with Gasteiger partial charge in [0.25, 0.3) is 5.91 Å². The molecule has 0 bridgehead atoms. The van der Waals surface area contributed by atoms with E-state index in [1.807, 2.05) is 40.6 Å². The van der Waals surface area contributed by atoms with Crippen molar-refractivity contribution in [1.29, 1.82) is 0 Å². The molecule has 2 aromatic rings. The van der Waals surface area contributed by atoms with Crippen molar-refractivity contribution in [3.8, 4) is 11.5 Å². The van der Waals surface area contributed by atoms with Crippen LogP contribution in [0.15, 0.2) is 35.7 Å². The van der Waals surface area contributed by atoms with Gasteiger partial charge in [-0.2, -0.15) is 0 Å². The standard InChI is InChI=1S/C24H32N2O4S/c1-4-12-25(17-18-10-11-20(30-14-5-2)21(16-18)29-3)23(27)19-8-6-13-26(19)24(28)22-9-7-15-31-22/h7,9-11,15-16,19H,4-6,8,12-14,17H2,1-3H3. The molecule has 1 aromatic heterocycles. The fraction of sp³-hybridized carbons (Fsp3) is 0.500. The fourth-order valence-corrected chi connectivity index (χ4v) is 4.60. The van der Waals surface area contributed by atoms with Gasteiger partial charge in [-0.15, -0.1) is 11.3 Å². The third-order valence-electron chi connectivity index (χ3n) is 5.40. The van der Waals surface area contributed by atoms with Crippen LogP contribution in [0.1, 0.15) is 54.8 Å². The number of thiophene rings is 1. The minimum atomic E-state index is -0.393. The van der Waals surface area contributed by atoms with E-state index in [1.165, 1.54) is 11.3 Å². The Labute approximate surface area is 188 Å². The minimum absolute atomic E-state index is 0.0227. The number of benzene rings is 1. The molecule has 2 amide bonds. The van der Waals surface area contributed by atoms with Gasteiger partial charge in [0.05, 0.1) is 18.6 Å². The van der Waals surface area contributed by atoms with Gasteiger partial charge in [-0.25, -0.2) is 0 Å². The Hall–Kier alpha value is -2.54. The third-order valence-corrected chi connectivity index (χ3v) is 6.26. The first-order valence-corrected chi connectivity index (χ1v) is 11.9. The zero-order chi connectivity index (χ0) is 22.2. The summed E-state index contributed by atoms with van der Waals surface area (Å²) < 4.78 is 11.2. The molecule has 0 saturated carbocycles. The SMILES string of the molecule is CCCOc1ccc(CN(CCC)C(=O)C2CCCN2C(=O)c2cccs2)cc1OC. The molecule has 6 nitrogen and oxygen atoms in total. The van der Waals surface area contributed by atoms with Gasteiger partial charge < -0.3 is 19.3 Å². The van der Waals surface area contributed by atoms with Crippen LogP contribution in [-0.2, 0) is 11.3 Å². The second kappa shape index (κ2) is 11.2.